The fourth-order valence-corrected chi connectivity index (χ4v) is 3.87. The molecule has 0 aliphatic carbocycles. The van der Waals surface area contributed by atoms with Crippen molar-refractivity contribution in [1.29, 1.82) is 0 Å². The zero-order valence-electron chi connectivity index (χ0n) is 13.7. The third kappa shape index (κ3) is 2.67. The Kier molecular flexibility index (Phi) is 4.00. The predicted octanol–water partition coefficient (Wildman–Crippen LogP) is 0.661. The number of aromatic nitrogens is 2. The number of rotatable bonds is 3. The van der Waals surface area contributed by atoms with E-state index >= 15 is 0 Å². The molecule has 2 aliphatic heterocycles. The van der Waals surface area contributed by atoms with Crippen molar-refractivity contribution in [2.24, 2.45) is 5.92 Å². The molecule has 1 saturated heterocycles. The third-order valence-corrected chi connectivity index (χ3v) is 4.87. The van der Waals surface area contributed by atoms with Gasteiger partial charge in [0.15, 0.2) is 0 Å². The molecule has 10 heteroatoms. The van der Waals surface area contributed by atoms with E-state index in [-0.39, 0.29) is 35.3 Å². The second-order valence-electron chi connectivity index (χ2n) is 6.37. The Bertz CT molecular complexity index is 944. The van der Waals surface area contributed by atoms with E-state index in [0.717, 1.165) is 0 Å². The van der Waals surface area contributed by atoms with Gasteiger partial charge in [0.25, 0.3) is 5.56 Å². The maximum Gasteiger partial charge on any atom is 0.387 e. The van der Waals surface area contributed by atoms with Crippen LogP contribution >= 0.6 is 0 Å². The molecule has 0 spiro atoms. The van der Waals surface area contributed by atoms with Crippen LogP contribution in [0.5, 0.6) is 5.75 Å². The van der Waals surface area contributed by atoms with Gasteiger partial charge in [-0.3, -0.25) is 20.2 Å². The van der Waals surface area contributed by atoms with Crippen LogP contribution in [-0.4, -0.2) is 28.8 Å². The summed E-state index contributed by atoms with van der Waals surface area (Å²) < 4.78 is 30.4. The van der Waals surface area contributed by atoms with Gasteiger partial charge in [-0.05, 0) is 13.0 Å². The standard InChI is InChI=1S/C16H17F2N5O3/c1-6-9-10(7-4-2-3-5-8(7)26-15(17)18)11-12(19-13(9)23-22-6)20-16(25)21-14(11)24/h2-6,9-10,13,15,22-23H,1H3,(H3,19,20,21,24,25). The van der Waals surface area contributed by atoms with E-state index in [1.807, 2.05) is 6.92 Å². The van der Waals surface area contributed by atoms with Crippen LogP contribution in [0.2, 0.25) is 0 Å². The fraction of sp³-hybridized carbons (Fsp3) is 0.375. The lowest BCUT2D eigenvalue weighted by Gasteiger charge is -2.37. The third-order valence-electron chi connectivity index (χ3n) is 4.87. The summed E-state index contributed by atoms with van der Waals surface area (Å²) in [5.41, 5.74) is 5.68. The molecule has 4 unspecified atom stereocenters. The van der Waals surface area contributed by atoms with Crippen molar-refractivity contribution in [1.82, 2.24) is 20.8 Å². The molecule has 3 heterocycles. The molecule has 1 aromatic heterocycles. The monoisotopic (exact) mass is 365 g/mol. The van der Waals surface area contributed by atoms with Crippen molar-refractivity contribution in [3.8, 4) is 5.75 Å². The number of halogens is 2. The van der Waals surface area contributed by atoms with Gasteiger partial charge in [-0.2, -0.15) is 8.78 Å². The molecule has 1 fully saturated rings. The van der Waals surface area contributed by atoms with Crippen LogP contribution in [0.25, 0.3) is 0 Å². The highest BCUT2D eigenvalue weighted by Crippen LogP contribution is 2.45. The van der Waals surface area contributed by atoms with E-state index in [4.69, 9.17) is 0 Å². The molecule has 26 heavy (non-hydrogen) atoms. The molecule has 0 radical (unpaired) electrons. The smallest absolute Gasteiger partial charge is 0.387 e. The van der Waals surface area contributed by atoms with Crippen LogP contribution in [-0.2, 0) is 0 Å². The van der Waals surface area contributed by atoms with Gasteiger partial charge in [0.1, 0.15) is 11.6 Å². The largest absolute Gasteiger partial charge is 0.435 e. The first kappa shape index (κ1) is 16.7. The van der Waals surface area contributed by atoms with E-state index in [9.17, 15) is 18.4 Å². The Morgan fingerprint density at radius 1 is 1.12 bits per heavy atom. The quantitative estimate of drug-likeness (QED) is 0.547. The Morgan fingerprint density at radius 2 is 1.88 bits per heavy atom. The number of hydrogen-bond acceptors (Lipinski definition) is 6. The number of hydrogen-bond donors (Lipinski definition) is 5. The number of hydrazine groups is 1. The Balaban J connectivity index is 1.94. The van der Waals surface area contributed by atoms with E-state index < -0.39 is 23.8 Å². The summed E-state index contributed by atoms with van der Waals surface area (Å²) in [6.45, 7) is -1.06. The maximum atomic E-state index is 12.9. The molecule has 138 valence electrons. The first-order chi connectivity index (χ1) is 12.5. The van der Waals surface area contributed by atoms with Gasteiger partial charge in [0, 0.05) is 23.4 Å². The Hall–Kier alpha value is -2.72. The molecule has 0 amide bonds. The number of nitrogens with one attached hydrogen (secondary N) is 5. The van der Waals surface area contributed by atoms with Crippen molar-refractivity contribution in [2.45, 2.75) is 31.7 Å². The van der Waals surface area contributed by atoms with Crippen molar-refractivity contribution in [3.63, 3.8) is 0 Å². The van der Waals surface area contributed by atoms with Gasteiger partial charge in [-0.25, -0.2) is 10.2 Å². The summed E-state index contributed by atoms with van der Waals surface area (Å²) in [6, 6.07) is 6.32. The maximum absolute atomic E-state index is 12.9. The van der Waals surface area contributed by atoms with E-state index in [1.54, 1.807) is 18.2 Å². The van der Waals surface area contributed by atoms with Crippen molar-refractivity contribution < 1.29 is 13.5 Å². The van der Waals surface area contributed by atoms with Crippen LogP contribution in [0, 0.1) is 5.92 Å². The Morgan fingerprint density at radius 3 is 2.65 bits per heavy atom. The number of para-hydroxylation sites is 1. The van der Waals surface area contributed by atoms with Gasteiger partial charge >= 0.3 is 12.3 Å². The van der Waals surface area contributed by atoms with Crippen LogP contribution < -0.4 is 32.2 Å². The molecule has 0 saturated carbocycles. The average Bonchev–Trinajstić information content (AvgIpc) is 2.94. The topological polar surface area (TPSA) is 111 Å². The van der Waals surface area contributed by atoms with Crippen molar-refractivity contribution >= 4 is 5.82 Å². The molecule has 2 aromatic rings. The fourth-order valence-electron chi connectivity index (χ4n) is 3.87. The molecule has 4 atom stereocenters. The SMILES string of the molecule is CC1NNC2Nc3[nH]c(=O)[nH]c(=O)c3C(c3ccccc3OC(F)F)C12. The van der Waals surface area contributed by atoms with E-state index in [2.05, 4.69) is 30.9 Å². The molecule has 0 bridgehead atoms. The predicted molar refractivity (Wildman–Crippen MR) is 89.2 cm³/mol. The summed E-state index contributed by atoms with van der Waals surface area (Å²) in [5, 5.41) is 3.09. The summed E-state index contributed by atoms with van der Waals surface area (Å²) in [5.74, 6) is -0.481. The molecule has 5 N–H and O–H groups in total. The number of benzene rings is 1. The summed E-state index contributed by atoms with van der Waals surface area (Å²) in [6.07, 6.45) is -0.306. The number of anilines is 1. The number of ether oxygens (including phenoxy) is 1. The van der Waals surface area contributed by atoms with Crippen LogP contribution in [0.15, 0.2) is 33.9 Å². The molecule has 1 aromatic carbocycles. The first-order valence-corrected chi connectivity index (χ1v) is 8.13. The second-order valence-corrected chi connectivity index (χ2v) is 6.37. The van der Waals surface area contributed by atoms with Gasteiger partial charge < -0.3 is 10.1 Å². The lowest BCUT2D eigenvalue weighted by molar-refractivity contribution is -0.0507. The lowest BCUT2D eigenvalue weighted by Crippen LogP contribution is -2.47. The van der Waals surface area contributed by atoms with Crippen molar-refractivity contribution in [3.05, 3.63) is 56.2 Å². The zero-order valence-corrected chi connectivity index (χ0v) is 13.7. The van der Waals surface area contributed by atoms with E-state index in [1.165, 1.54) is 6.07 Å². The molecule has 4 rings (SSSR count). The Labute approximate surface area is 145 Å². The number of alkyl halides is 2. The molecule has 2 aliphatic rings. The minimum Gasteiger partial charge on any atom is -0.435 e. The summed E-state index contributed by atoms with van der Waals surface area (Å²) in [7, 11) is 0. The highest BCUT2D eigenvalue weighted by molar-refractivity contribution is 5.55. The normalized spacial score (nSPS) is 26.9. The highest BCUT2D eigenvalue weighted by Gasteiger charge is 2.47. The lowest BCUT2D eigenvalue weighted by atomic mass is 9.74. The van der Waals surface area contributed by atoms with Gasteiger partial charge in [-0.15, -0.1) is 0 Å². The zero-order chi connectivity index (χ0) is 18.4. The summed E-state index contributed by atoms with van der Waals surface area (Å²) >= 11 is 0. The molecule has 8 nitrogen and oxygen atoms in total. The van der Waals surface area contributed by atoms with Gasteiger partial charge in [0.2, 0.25) is 0 Å². The van der Waals surface area contributed by atoms with Crippen LogP contribution in [0.4, 0.5) is 14.6 Å². The van der Waals surface area contributed by atoms with Crippen molar-refractivity contribution in [2.75, 3.05) is 5.32 Å². The second kappa shape index (κ2) is 6.22. The minimum atomic E-state index is -2.99. The number of H-pyrrole nitrogens is 2. The molecular weight excluding hydrogens is 348 g/mol. The van der Waals surface area contributed by atoms with Gasteiger partial charge in [-0.1, -0.05) is 18.2 Å². The first-order valence-electron chi connectivity index (χ1n) is 8.13. The average molecular weight is 365 g/mol. The minimum absolute atomic E-state index is 0.00352. The van der Waals surface area contributed by atoms with Crippen LogP contribution in [0.1, 0.15) is 24.0 Å². The number of fused-ring (bicyclic) bond motifs is 2. The van der Waals surface area contributed by atoms with E-state index in [0.29, 0.717) is 5.56 Å². The van der Waals surface area contributed by atoms with Crippen LogP contribution in [0.3, 0.4) is 0 Å². The highest BCUT2D eigenvalue weighted by atomic mass is 19.3. The number of aromatic amines is 2. The molecular formula is C16H17F2N5O3. The summed E-state index contributed by atoms with van der Waals surface area (Å²) in [4.78, 5) is 29.0. The van der Waals surface area contributed by atoms with Gasteiger partial charge in [0.05, 0.1) is 11.7 Å².